The molecule has 1 aromatic rings. The average Bonchev–Trinajstić information content (AvgIpc) is 3.07. The third kappa shape index (κ3) is 2.85. The van der Waals surface area contributed by atoms with Crippen LogP contribution in [-0.4, -0.2) is 44.5 Å². The Hall–Kier alpha value is -0.960. The zero-order valence-electron chi connectivity index (χ0n) is 11.6. The van der Waals surface area contributed by atoms with Gasteiger partial charge in [0, 0.05) is 19.7 Å². The molecular weight excluding hydrogens is 312 g/mol. The standard InChI is InChI=1S/C13H18N2O4S2/c14-21(17,18)10-2-9-20-11(10)12(16)15-6-4-13(5-7-15)3-1-8-19-13/h2,9H,1,3-8H2,(H2,14,17,18). The molecule has 2 aliphatic rings. The number of hydrogen-bond donors (Lipinski definition) is 1. The van der Waals surface area contributed by atoms with Crippen LogP contribution in [0.1, 0.15) is 35.4 Å². The summed E-state index contributed by atoms with van der Waals surface area (Å²) in [5.41, 5.74) is -0.0605. The van der Waals surface area contributed by atoms with Crippen LogP contribution in [0, 0.1) is 0 Å². The van der Waals surface area contributed by atoms with Crippen LogP contribution in [0.2, 0.25) is 0 Å². The summed E-state index contributed by atoms with van der Waals surface area (Å²) in [6, 6.07) is 1.39. The van der Waals surface area contributed by atoms with Crippen molar-refractivity contribution >= 4 is 27.3 Å². The fourth-order valence-corrected chi connectivity index (χ4v) is 5.02. The fourth-order valence-electron chi connectivity index (χ4n) is 3.09. The molecule has 3 rings (SSSR count). The van der Waals surface area contributed by atoms with Crippen LogP contribution in [0.25, 0.3) is 0 Å². The van der Waals surface area contributed by atoms with Crippen molar-refractivity contribution < 1.29 is 17.9 Å². The number of amides is 1. The lowest BCUT2D eigenvalue weighted by Crippen LogP contribution is -2.46. The molecule has 0 radical (unpaired) electrons. The van der Waals surface area contributed by atoms with Gasteiger partial charge in [-0.05, 0) is 37.1 Å². The average molecular weight is 330 g/mol. The number of carbonyl (C=O) groups is 1. The number of carbonyl (C=O) groups excluding carboxylic acids is 1. The van der Waals surface area contributed by atoms with E-state index in [0.29, 0.717) is 13.1 Å². The number of nitrogens with two attached hydrogens (primary N) is 1. The summed E-state index contributed by atoms with van der Waals surface area (Å²) in [5.74, 6) is -0.248. The molecule has 6 nitrogen and oxygen atoms in total. The monoisotopic (exact) mass is 330 g/mol. The number of sulfonamides is 1. The van der Waals surface area contributed by atoms with Crippen LogP contribution < -0.4 is 5.14 Å². The largest absolute Gasteiger partial charge is 0.375 e. The van der Waals surface area contributed by atoms with E-state index < -0.39 is 10.0 Å². The molecule has 1 aromatic heterocycles. The molecule has 0 aliphatic carbocycles. The number of primary sulfonamides is 1. The molecule has 2 fully saturated rings. The Bertz CT molecular complexity index is 637. The van der Waals surface area contributed by atoms with Crippen molar-refractivity contribution in [1.82, 2.24) is 4.90 Å². The molecule has 116 valence electrons. The van der Waals surface area contributed by atoms with Crippen LogP contribution in [0.5, 0.6) is 0 Å². The Morgan fingerprint density at radius 3 is 2.62 bits per heavy atom. The van der Waals surface area contributed by atoms with Gasteiger partial charge in [0.05, 0.1) is 5.60 Å². The number of ether oxygens (including phenoxy) is 1. The highest BCUT2D eigenvalue weighted by molar-refractivity contribution is 7.89. The highest BCUT2D eigenvalue weighted by Gasteiger charge is 2.40. The number of piperidine rings is 1. The first-order valence-electron chi connectivity index (χ1n) is 6.95. The molecule has 2 N–H and O–H groups in total. The van der Waals surface area contributed by atoms with Gasteiger partial charge in [0.2, 0.25) is 10.0 Å². The fraction of sp³-hybridized carbons (Fsp3) is 0.615. The molecule has 8 heteroatoms. The summed E-state index contributed by atoms with van der Waals surface area (Å²) in [6.07, 6.45) is 3.76. The molecule has 0 bridgehead atoms. The van der Waals surface area contributed by atoms with E-state index in [-0.39, 0.29) is 21.3 Å². The lowest BCUT2D eigenvalue weighted by Gasteiger charge is -2.38. The Balaban J connectivity index is 1.74. The number of nitrogens with zero attached hydrogens (tertiary/aromatic N) is 1. The summed E-state index contributed by atoms with van der Waals surface area (Å²) >= 11 is 1.12. The van der Waals surface area contributed by atoms with Gasteiger partial charge in [-0.1, -0.05) is 0 Å². The van der Waals surface area contributed by atoms with Crippen molar-refractivity contribution in [1.29, 1.82) is 0 Å². The molecule has 1 spiro atoms. The van der Waals surface area contributed by atoms with Gasteiger partial charge in [-0.3, -0.25) is 4.79 Å². The van der Waals surface area contributed by atoms with Gasteiger partial charge in [-0.2, -0.15) is 0 Å². The smallest absolute Gasteiger partial charge is 0.265 e. The van der Waals surface area contributed by atoms with Crippen molar-refractivity contribution in [3.8, 4) is 0 Å². The molecule has 21 heavy (non-hydrogen) atoms. The van der Waals surface area contributed by atoms with Crippen molar-refractivity contribution in [3.63, 3.8) is 0 Å². The first kappa shape index (κ1) is 15.0. The van der Waals surface area contributed by atoms with Crippen molar-refractivity contribution in [3.05, 3.63) is 16.3 Å². The second kappa shape index (κ2) is 5.35. The number of likely N-dealkylation sites (tertiary alicyclic amines) is 1. The topological polar surface area (TPSA) is 89.7 Å². The maximum absolute atomic E-state index is 12.5. The Labute approximate surface area is 127 Å². The van der Waals surface area contributed by atoms with E-state index in [2.05, 4.69) is 0 Å². The van der Waals surface area contributed by atoms with E-state index in [4.69, 9.17) is 9.88 Å². The molecule has 1 amide bonds. The zero-order chi connectivity index (χ0) is 15.1. The van der Waals surface area contributed by atoms with Gasteiger partial charge >= 0.3 is 0 Å². The third-order valence-corrected chi connectivity index (χ3v) is 6.26. The van der Waals surface area contributed by atoms with E-state index >= 15 is 0 Å². The Morgan fingerprint density at radius 2 is 2.05 bits per heavy atom. The van der Waals surface area contributed by atoms with Crippen LogP contribution >= 0.6 is 11.3 Å². The molecule has 0 unspecified atom stereocenters. The Morgan fingerprint density at radius 1 is 1.33 bits per heavy atom. The normalized spacial score (nSPS) is 21.9. The molecule has 0 aromatic carbocycles. The van der Waals surface area contributed by atoms with Crippen LogP contribution in [0.15, 0.2) is 16.3 Å². The van der Waals surface area contributed by atoms with Gasteiger partial charge < -0.3 is 9.64 Å². The first-order valence-corrected chi connectivity index (χ1v) is 9.37. The van der Waals surface area contributed by atoms with Gasteiger partial charge in [0.1, 0.15) is 9.77 Å². The molecule has 3 heterocycles. The van der Waals surface area contributed by atoms with Crippen molar-refractivity contribution in [2.75, 3.05) is 19.7 Å². The first-order chi connectivity index (χ1) is 9.91. The predicted molar refractivity (Wildman–Crippen MR) is 78.7 cm³/mol. The number of thiophene rings is 1. The number of rotatable bonds is 2. The van der Waals surface area contributed by atoms with E-state index in [0.717, 1.165) is 43.6 Å². The third-order valence-electron chi connectivity index (χ3n) is 4.28. The number of hydrogen-bond acceptors (Lipinski definition) is 5. The van der Waals surface area contributed by atoms with E-state index in [1.54, 1.807) is 10.3 Å². The van der Waals surface area contributed by atoms with Gasteiger partial charge in [0.25, 0.3) is 5.91 Å². The highest BCUT2D eigenvalue weighted by Crippen LogP contribution is 2.36. The van der Waals surface area contributed by atoms with Gasteiger partial charge in [-0.25, -0.2) is 13.6 Å². The minimum absolute atomic E-state index is 0.0605. The minimum atomic E-state index is -3.86. The quantitative estimate of drug-likeness (QED) is 0.882. The molecule has 0 saturated carbocycles. The highest BCUT2D eigenvalue weighted by atomic mass is 32.2. The summed E-state index contributed by atoms with van der Waals surface area (Å²) in [6.45, 7) is 2.00. The van der Waals surface area contributed by atoms with Crippen molar-refractivity contribution in [2.45, 2.75) is 36.2 Å². The maximum atomic E-state index is 12.5. The van der Waals surface area contributed by atoms with E-state index in [9.17, 15) is 13.2 Å². The second-order valence-electron chi connectivity index (χ2n) is 5.59. The van der Waals surface area contributed by atoms with Gasteiger partial charge in [-0.15, -0.1) is 11.3 Å². The lowest BCUT2D eigenvalue weighted by molar-refractivity contribution is -0.0387. The second-order valence-corrected chi connectivity index (χ2v) is 8.03. The van der Waals surface area contributed by atoms with Crippen LogP contribution in [-0.2, 0) is 14.8 Å². The summed E-state index contributed by atoms with van der Waals surface area (Å²) in [5, 5.41) is 6.73. The van der Waals surface area contributed by atoms with Crippen molar-refractivity contribution in [2.24, 2.45) is 5.14 Å². The van der Waals surface area contributed by atoms with E-state index in [1.165, 1.54) is 6.07 Å². The van der Waals surface area contributed by atoms with E-state index in [1.807, 2.05) is 0 Å². The predicted octanol–water partition coefficient (Wildman–Crippen LogP) is 1.18. The summed E-state index contributed by atoms with van der Waals surface area (Å²) in [7, 11) is -3.86. The Kier molecular flexibility index (Phi) is 3.81. The SMILES string of the molecule is NS(=O)(=O)c1ccsc1C(=O)N1CCC2(CCCO2)CC1. The molecule has 0 atom stereocenters. The molecule has 2 aliphatic heterocycles. The lowest BCUT2D eigenvalue weighted by atomic mass is 9.88. The summed E-state index contributed by atoms with van der Waals surface area (Å²) < 4.78 is 28.8. The zero-order valence-corrected chi connectivity index (χ0v) is 13.2. The van der Waals surface area contributed by atoms with Crippen LogP contribution in [0.3, 0.4) is 0 Å². The molecule has 2 saturated heterocycles. The summed E-state index contributed by atoms with van der Waals surface area (Å²) in [4.78, 5) is 14.3. The maximum Gasteiger partial charge on any atom is 0.265 e. The van der Waals surface area contributed by atoms with Gasteiger partial charge in [0.15, 0.2) is 0 Å². The minimum Gasteiger partial charge on any atom is -0.375 e. The molecular formula is C13H18N2O4S2. The van der Waals surface area contributed by atoms with Crippen LogP contribution in [0.4, 0.5) is 0 Å².